The van der Waals surface area contributed by atoms with Crippen LogP contribution in [0.5, 0.6) is 0 Å². The van der Waals surface area contributed by atoms with Crippen LogP contribution in [0.3, 0.4) is 0 Å². The summed E-state index contributed by atoms with van der Waals surface area (Å²) in [6, 6.07) is 5.09. The topological polar surface area (TPSA) is 61.0 Å². The van der Waals surface area contributed by atoms with Crippen LogP contribution >= 0.6 is 23.2 Å². The van der Waals surface area contributed by atoms with Crippen LogP contribution in [0.1, 0.15) is 5.56 Å². The Labute approximate surface area is 107 Å². The van der Waals surface area contributed by atoms with Crippen LogP contribution in [0.15, 0.2) is 30.6 Å². The van der Waals surface area contributed by atoms with Crippen molar-refractivity contribution >= 4 is 28.9 Å². The quantitative estimate of drug-likeness (QED) is 0.637. The Bertz CT molecular complexity index is 568. The standard InChI is InChI=1S/C10H7Cl2N3O2/c11-8-2-1-7(10(12)3-8)5-14-6-9(4-13-14)15(16)17/h1-4,6H,5H2. The second kappa shape index (κ2) is 4.73. The Balaban J connectivity index is 2.22. The van der Waals surface area contributed by atoms with Gasteiger partial charge in [0.05, 0.1) is 11.5 Å². The molecule has 1 heterocycles. The first-order valence-electron chi connectivity index (χ1n) is 4.67. The van der Waals surface area contributed by atoms with Crippen molar-refractivity contribution in [3.05, 3.63) is 56.3 Å². The zero-order valence-corrected chi connectivity index (χ0v) is 10.0. The molecule has 0 radical (unpaired) electrons. The van der Waals surface area contributed by atoms with Crippen molar-refractivity contribution in [2.24, 2.45) is 0 Å². The lowest BCUT2D eigenvalue weighted by molar-refractivity contribution is -0.385. The maximum absolute atomic E-state index is 10.5. The molecule has 0 saturated heterocycles. The Morgan fingerprint density at radius 3 is 2.76 bits per heavy atom. The molecule has 5 nitrogen and oxygen atoms in total. The molecule has 88 valence electrons. The average Bonchev–Trinajstić information content (AvgIpc) is 2.71. The summed E-state index contributed by atoms with van der Waals surface area (Å²) in [7, 11) is 0. The summed E-state index contributed by atoms with van der Waals surface area (Å²) >= 11 is 11.8. The zero-order chi connectivity index (χ0) is 12.4. The SMILES string of the molecule is O=[N+]([O-])c1cnn(Cc2ccc(Cl)cc2Cl)c1. The molecular weight excluding hydrogens is 265 g/mol. The van der Waals surface area contributed by atoms with E-state index in [2.05, 4.69) is 5.10 Å². The molecule has 17 heavy (non-hydrogen) atoms. The number of hydrogen-bond acceptors (Lipinski definition) is 3. The van der Waals surface area contributed by atoms with Crippen molar-refractivity contribution in [1.82, 2.24) is 9.78 Å². The van der Waals surface area contributed by atoms with Crippen LogP contribution in [0, 0.1) is 10.1 Å². The van der Waals surface area contributed by atoms with Crippen molar-refractivity contribution in [2.45, 2.75) is 6.54 Å². The maximum atomic E-state index is 10.5. The predicted molar refractivity (Wildman–Crippen MR) is 64.4 cm³/mol. The first-order chi connectivity index (χ1) is 8.06. The van der Waals surface area contributed by atoms with E-state index in [1.165, 1.54) is 17.1 Å². The summed E-state index contributed by atoms with van der Waals surface area (Å²) in [4.78, 5) is 9.99. The van der Waals surface area contributed by atoms with Crippen LogP contribution in [0.25, 0.3) is 0 Å². The highest BCUT2D eigenvalue weighted by Crippen LogP contribution is 2.22. The fourth-order valence-electron chi connectivity index (χ4n) is 1.36. The fraction of sp³-hybridized carbons (Fsp3) is 0.100. The largest absolute Gasteiger partial charge is 0.307 e. The van der Waals surface area contributed by atoms with Crippen molar-refractivity contribution in [3.63, 3.8) is 0 Å². The maximum Gasteiger partial charge on any atom is 0.307 e. The van der Waals surface area contributed by atoms with Gasteiger partial charge in [0.2, 0.25) is 0 Å². The molecule has 0 aliphatic heterocycles. The molecule has 0 amide bonds. The molecule has 0 saturated carbocycles. The van der Waals surface area contributed by atoms with E-state index in [4.69, 9.17) is 23.2 Å². The van der Waals surface area contributed by atoms with Crippen LogP contribution in [0.2, 0.25) is 10.0 Å². The molecule has 2 rings (SSSR count). The van der Waals surface area contributed by atoms with Crippen molar-refractivity contribution < 1.29 is 4.92 Å². The van der Waals surface area contributed by atoms with Crippen molar-refractivity contribution in [3.8, 4) is 0 Å². The Kier molecular flexibility index (Phi) is 3.31. The molecule has 0 fully saturated rings. The van der Waals surface area contributed by atoms with Gasteiger partial charge in [-0.05, 0) is 17.7 Å². The van der Waals surface area contributed by atoms with Gasteiger partial charge in [0.15, 0.2) is 0 Å². The van der Waals surface area contributed by atoms with E-state index >= 15 is 0 Å². The lowest BCUT2D eigenvalue weighted by atomic mass is 10.2. The highest BCUT2D eigenvalue weighted by Gasteiger charge is 2.10. The predicted octanol–water partition coefficient (Wildman–Crippen LogP) is 3.15. The summed E-state index contributed by atoms with van der Waals surface area (Å²) in [6.45, 7) is 0.365. The van der Waals surface area contributed by atoms with Gasteiger partial charge in [0.25, 0.3) is 0 Å². The van der Waals surface area contributed by atoms with Gasteiger partial charge in [-0.3, -0.25) is 14.8 Å². The normalized spacial score (nSPS) is 10.5. The van der Waals surface area contributed by atoms with Crippen LogP contribution in [-0.4, -0.2) is 14.7 Å². The summed E-state index contributed by atoms with van der Waals surface area (Å²) in [6.07, 6.45) is 2.55. The first kappa shape index (κ1) is 11.9. The van der Waals surface area contributed by atoms with Gasteiger partial charge in [-0.2, -0.15) is 5.10 Å². The number of nitrogens with zero attached hydrogens (tertiary/aromatic N) is 3. The summed E-state index contributed by atoms with van der Waals surface area (Å²) < 4.78 is 1.45. The Morgan fingerprint density at radius 2 is 2.18 bits per heavy atom. The molecule has 0 aliphatic rings. The third-order valence-electron chi connectivity index (χ3n) is 2.18. The van der Waals surface area contributed by atoms with E-state index in [0.717, 1.165) is 5.56 Å². The molecular formula is C10H7Cl2N3O2. The molecule has 0 unspecified atom stereocenters. The lowest BCUT2D eigenvalue weighted by Gasteiger charge is -2.04. The summed E-state index contributed by atoms with van der Waals surface area (Å²) in [5.41, 5.74) is 0.754. The second-order valence-corrected chi connectivity index (χ2v) is 4.23. The molecule has 2 aromatic rings. The molecule has 0 bridgehead atoms. The van der Waals surface area contributed by atoms with Gasteiger partial charge in [0.1, 0.15) is 12.4 Å². The van der Waals surface area contributed by atoms with Gasteiger partial charge >= 0.3 is 5.69 Å². The van der Waals surface area contributed by atoms with Crippen LogP contribution < -0.4 is 0 Å². The Morgan fingerprint density at radius 1 is 1.41 bits per heavy atom. The van der Waals surface area contributed by atoms with Crippen LogP contribution in [0.4, 0.5) is 5.69 Å². The minimum absolute atomic E-state index is 0.0462. The number of benzene rings is 1. The molecule has 1 aromatic heterocycles. The van der Waals surface area contributed by atoms with Gasteiger partial charge in [-0.15, -0.1) is 0 Å². The first-order valence-corrected chi connectivity index (χ1v) is 5.42. The monoisotopic (exact) mass is 271 g/mol. The van der Waals surface area contributed by atoms with Crippen molar-refractivity contribution in [1.29, 1.82) is 0 Å². The van der Waals surface area contributed by atoms with E-state index in [0.29, 0.717) is 16.6 Å². The Hall–Kier alpha value is -1.59. The van der Waals surface area contributed by atoms with Crippen LogP contribution in [-0.2, 0) is 6.54 Å². The van der Waals surface area contributed by atoms with E-state index in [9.17, 15) is 10.1 Å². The third-order valence-corrected chi connectivity index (χ3v) is 2.76. The highest BCUT2D eigenvalue weighted by atomic mass is 35.5. The summed E-state index contributed by atoms with van der Waals surface area (Å²) in [5.74, 6) is 0. The average molecular weight is 272 g/mol. The van der Waals surface area contributed by atoms with Gasteiger partial charge in [-0.1, -0.05) is 29.3 Å². The number of aromatic nitrogens is 2. The molecule has 7 heteroatoms. The van der Waals surface area contributed by atoms with E-state index < -0.39 is 4.92 Å². The molecule has 0 spiro atoms. The number of rotatable bonds is 3. The zero-order valence-electron chi connectivity index (χ0n) is 8.51. The van der Waals surface area contributed by atoms with Gasteiger partial charge < -0.3 is 0 Å². The molecule has 0 atom stereocenters. The third kappa shape index (κ3) is 2.75. The second-order valence-electron chi connectivity index (χ2n) is 3.39. The highest BCUT2D eigenvalue weighted by molar-refractivity contribution is 6.35. The minimum atomic E-state index is -0.493. The number of nitro groups is 1. The van der Waals surface area contributed by atoms with Crippen molar-refractivity contribution in [2.75, 3.05) is 0 Å². The fourth-order valence-corrected chi connectivity index (χ4v) is 1.83. The molecule has 0 N–H and O–H groups in total. The van der Waals surface area contributed by atoms with E-state index in [1.54, 1.807) is 18.2 Å². The number of halogens is 2. The minimum Gasteiger partial charge on any atom is -0.261 e. The van der Waals surface area contributed by atoms with E-state index in [-0.39, 0.29) is 5.69 Å². The number of hydrogen-bond donors (Lipinski definition) is 0. The van der Waals surface area contributed by atoms with E-state index in [1.807, 2.05) is 0 Å². The summed E-state index contributed by atoms with van der Waals surface area (Å²) in [5, 5.41) is 15.4. The van der Waals surface area contributed by atoms with Gasteiger partial charge in [-0.25, -0.2) is 0 Å². The molecule has 1 aromatic carbocycles. The van der Waals surface area contributed by atoms with Gasteiger partial charge in [0, 0.05) is 10.0 Å². The molecule has 0 aliphatic carbocycles. The smallest absolute Gasteiger partial charge is 0.261 e. The lowest BCUT2D eigenvalue weighted by Crippen LogP contribution is -2.00.